The molecule has 0 heterocycles. The molecule has 0 aliphatic rings. The fourth-order valence-electron chi connectivity index (χ4n) is 1.79. The Bertz CT molecular complexity index is 745. The predicted molar refractivity (Wildman–Crippen MR) is 110 cm³/mol. The summed E-state index contributed by atoms with van der Waals surface area (Å²) in [5, 5.41) is 20.3. The molecule has 0 aliphatic heterocycles. The van der Waals surface area contributed by atoms with Gasteiger partial charge in [0.2, 0.25) is 0 Å². The van der Waals surface area contributed by atoms with Crippen LogP contribution in [0.4, 0.5) is 0 Å². The van der Waals surface area contributed by atoms with E-state index in [-0.39, 0.29) is 39.2 Å². The molecule has 0 aromatic heterocycles. The predicted octanol–water partition coefficient (Wildman–Crippen LogP) is 0.654. The summed E-state index contributed by atoms with van der Waals surface area (Å²) in [5.41, 5.74) is 6.49. The molecule has 0 aliphatic carbocycles. The van der Waals surface area contributed by atoms with Gasteiger partial charge >= 0.3 is 35.5 Å². The zero-order chi connectivity index (χ0) is 17.1. The van der Waals surface area contributed by atoms with Gasteiger partial charge in [-0.1, -0.05) is 40.8 Å². The van der Waals surface area contributed by atoms with Crippen molar-refractivity contribution in [3.8, 4) is 17.2 Å². The van der Waals surface area contributed by atoms with Crippen molar-refractivity contribution in [2.75, 3.05) is 0 Å². The Balaban J connectivity index is 0.00000288. The number of ether oxygens (including phenoxy) is 1. The van der Waals surface area contributed by atoms with Crippen molar-refractivity contribution in [2.24, 2.45) is 5.73 Å². The van der Waals surface area contributed by atoms with E-state index in [1.54, 1.807) is 18.2 Å². The third-order valence-electron chi connectivity index (χ3n) is 3.00. The molecule has 0 saturated carbocycles. The van der Waals surface area contributed by atoms with Gasteiger partial charge in [0, 0.05) is 0 Å². The minimum Gasteiger partial charge on any atom is -0.872 e. The first-order chi connectivity index (χ1) is 10.8. The van der Waals surface area contributed by atoms with Crippen LogP contribution in [0.5, 0.6) is 17.2 Å². The van der Waals surface area contributed by atoms with Crippen molar-refractivity contribution in [1.82, 2.24) is 0 Å². The number of benzene rings is 2. The van der Waals surface area contributed by atoms with Gasteiger partial charge in [0.25, 0.3) is 0 Å². The first-order valence-corrected chi connectivity index (χ1v) is 9.76. The number of hydrogen-bond donors (Lipinski definition) is 2. The van der Waals surface area contributed by atoms with E-state index in [1.165, 1.54) is 12.1 Å². The number of rotatable bonds is 5. The van der Waals surface area contributed by atoms with E-state index in [0.29, 0.717) is 11.5 Å². The van der Waals surface area contributed by atoms with Crippen LogP contribution in [0.3, 0.4) is 0 Å². The van der Waals surface area contributed by atoms with Crippen LogP contribution in [0, 0.1) is 7.14 Å². The van der Waals surface area contributed by atoms with Gasteiger partial charge in [0.1, 0.15) is 17.5 Å². The Morgan fingerprint density at radius 3 is 2.17 bits per heavy atom. The Kier molecular flexibility index (Phi) is 9.57. The second-order valence-corrected chi connectivity index (χ2v) is 8.32. The van der Waals surface area contributed by atoms with Gasteiger partial charge in [-0.25, -0.2) is 0 Å². The average molecular weight is 673 g/mol. The molecular formula is C15H11I3NNaO4. The van der Waals surface area contributed by atoms with Crippen molar-refractivity contribution >= 4 is 73.7 Å². The number of halogens is 3. The second-order valence-electron chi connectivity index (χ2n) is 4.65. The number of carbonyl (C=O) groups is 1. The van der Waals surface area contributed by atoms with Gasteiger partial charge in [-0.2, -0.15) is 0 Å². The van der Waals surface area contributed by atoms with Crippen molar-refractivity contribution < 1.29 is 49.3 Å². The topological polar surface area (TPSA) is 95.6 Å². The standard InChI is InChI=1S/C15H12I3NO4.Na/c16-9-5-7(13(18)14(19)15(21)22)1-3-11(9)23-12-4-2-8(20)6-10(12)17;/h1-6,13-14,20H,19H2,(H,21,22);/q;+1/p-1/t13-,14+;/m0./s1. The molecule has 0 bridgehead atoms. The molecule has 9 heteroatoms. The monoisotopic (exact) mass is 673 g/mol. The normalized spacial score (nSPS) is 12.8. The fourth-order valence-corrected chi connectivity index (χ4v) is 3.73. The molecule has 0 radical (unpaired) electrons. The zero-order valence-electron chi connectivity index (χ0n) is 12.5. The fraction of sp³-hybridized carbons (Fsp3) is 0.133. The molecule has 0 spiro atoms. The Morgan fingerprint density at radius 1 is 1.12 bits per heavy atom. The van der Waals surface area contributed by atoms with E-state index in [1.807, 2.05) is 51.2 Å². The molecule has 0 fully saturated rings. The summed E-state index contributed by atoms with van der Waals surface area (Å²) in [4.78, 5) is 11.0. The zero-order valence-corrected chi connectivity index (χ0v) is 21.0. The number of alkyl halides is 1. The van der Waals surface area contributed by atoms with Crippen LogP contribution in [0.25, 0.3) is 0 Å². The second kappa shape index (κ2) is 10.1. The maximum atomic E-state index is 11.3. The average Bonchev–Trinajstić information content (AvgIpc) is 2.50. The van der Waals surface area contributed by atoms with E-state index < -0.39 is 12.0 Å². The maximum Gasteiger partial charge on any atom is 1.00 e. The van der Waals surface area contributed by atoms with E-state index >= 15 is 0 Å². The van der Waals surface area contributed by atoms with Gasteiger partial charge in [0.15, 0.2) is 0 Å². The first kappa shape index (κ1) is 22.7. The summed E-state index contributed by atoms with van der Waals surface area (Å²) in [5.74, 6) is 0.136. The van der Waals surface area contributed by atoms with Crippen LogP contribution in [0.15, 0.2) is 36.4 Å². The molecule has 2 atom stereocenters. The van der Waals surface area contributed by atoms with Crippen LogP contribution < -0.4 is 45.1 Å². The molecule has 0 unspecified atom stereocenters. The summed E-state index contributed by atoms with van der Waals surface area (Å²) in [7, 11) is 0. The molecule has 2 aromatic rings. The van der Waals surface area contributed by atoms with Crippen LogP contribution in [0.1, 0.15) is 9.49 Å². The summed E-state index contributed by atoms with van der Waals surface area (Å²) >= 11 is 6.20. The first-order valence-electron chi connectivity index (χ1n) is 6.36. The third kappa shape index (κ3) is 5.84. The van der Waals surface area contributed by atoms with Crippen LogP contribution in [-0.2, 0) is 4.79 Å². The Hall–Kier alpha value is 0.660. The molecule has 0 amide bonds. The number of aliphatic carboxylic acids is 1. The smallest absolute Gasteiger partial charge is 0.872 e. The molecule has 24 heavy (non-hydrogen) atoms. The molecule has 2 aromatic carbocycles. The third-order valence-corrected chi connectivity index (χ3v) is 6.18. The van der Waals surface area contributed by atoms with Gasteiger partial charge in [-0.15, -0.1) is 5.75 Å². The minimum absolute atomic E-state index is 0. The molecule has 2 rings (SSSR count). The Labute approximate surface area is 202 Å². The maximum absolute atomic E-state index is 11.3. The van der Waals surface area contributed by atoms with E-state index in [4.69, 9.17) is 15.6 Å². The van der Waals surface area contributed by atoms with Gasteiger partial charge in [-0.05, 0) is 68.9 Å². The van der Waals surface area contributed by atoms with Gasteiger partial charge in [-0.3, -0.25) is 4.79 Å². The number of carboxylic acids is 1. The summed E-state index contributed by atoms with van der Waals surface area (Å²) in [6, 6.07) is 9.05. The molecule has 5 nitrogen and oxygen atoms in total. The van der Waals surface area contributed by atoms with Gasteiger partial charge in [0.05, 0.1) is 11.1 Å². The molecule has 0 saturated heterocycles. The van der Waals surface area contributed by atoms with Crippen LogP contribution in [0.2, 0.25) is 0 Å². The van der Waals surface area contributed by atoms with Crippen molar-refractivity contribution in [1.29, 1.82) is 0 Å². The largest absolute Gasteiger partial charge is 1.00 e. The van der Waals surface area contributed by atoms with Crippen LogP contribution >= 0.6 is 67.8 Å². The van der Waals surface area contributed by atoms with Crippen molar-refractivity contribution in [2.45, 2.75) is 9.97 Å². The quantitative estimate of drug-likeness (QED) is 0.277. The Morgan fingerprint density at radius 2 is 1.67 bits per heavy atom. The molecule has 3 N–H and O–H groups in total. The SMILES string of the molecule is N[C@@H](C(=O)O)[C@@H](I)c1ccc(Oc2ccc([O-])cc2I)c(I)c1.[Na+]. The number of nitrogens with two attached hydrogens (primary N) is 1. The minimum atomic E-state index is -1.04. The molecule has 122 valence electrons. The van der Waals surface area contributed by atoms with Gasteiger partial charge < -0.3 is 20.7 Å². The number of hydrogen-bond acceptors (Lipinski definition) is 4. The summed E-state index contributed by atoms with van der Waals surface area (Å²) < 4.78 is 7.06. The summed E-state index contributed by atoms with van der Waals surface area (Å²) in [6.07, 6.45) is 0. The van der Waals surface area contributed by atoms with E-state index in [2.05, 4.69) is 22.6 Å². The molecular weight excluding hydrogens is 662 g/mol. The van der Waals surface area contributed by atoms with Crippen molar-refractivity contribution in [3.05, 3.63) is 49.1 Å². The van der Waals surface area contributed by atoms with E-state index in [0.717, 1.165) is 12.7 Å². The van der Waals surface area contributed by atoms with Crippen molar-refractivity contribution in [3.63, 3.8) is 0 Å². The summed E-state index contributed by atoms with van der Waals surface area (Å²) in [6.45, 7) is 0. The number of carboxylic acid groups (broad SMARTS) is 1. The van der Waals surface area contributed by atoms with E-state index in [9.17, 15) is 9.90 Å². The van der Waals surface area contributed by atoms with Crippen LogP contribution in [-0.4, -0.2) is 17.1 Å².